The van der Waals surface area contributed by atoms with Gasteiger partial charge in [-0.2, -0.15) is 0 Å². The van der Waals surface area contributed by atoms with E-state index in [0.717, 1.165) is 30.7 Å². The molecule has 108 valence electrons. The summed E-state index contributed by atoms with van der Waals surface area (Å²) in [4.78, 5) is 20.7. The molecule has 0 unspecified atom stereocenters. The molecule has 1 heterocycles. The minimum atomic E-state index is -0.205. The number of benzene rings is 1. The molecule has 4 nitrogen and oxygen atoms in total. The molecule has 0 spiro atoms. The van der Waals surface area contributed by atoms with Crippen molar-refractivity contribution in [3.63, 3.8) is 0 Å². The quantitative estimate of drug-likeness (QED) is 0.915. The standard InChI is InChI=1S/C17H19N3O/c1-13-9-15(20-12-19-13)11-18-16(21)17(7-8-17)10-14-5-3-2-4-6-14/h2-6,9,12H,7-8,10-11H2,1H3,(H,18,21). The Hall–Kier alpha value is -2.23. The van der Waals surface area contributed by atoms with Crippen LogP contribution in [-0.4, -0.2) is 15.9 Å². The lowest BCUT2D eigenvalue weighted by atomic mass is 9.95. The van der Waals surface area contributed by atoms with E-state index in [1.165, 1.54) is 11.9 Å². The normalized spacial score (nSPS) is 15.5. The summed E-state index contributed by atoms with van der Waals surface area (Å²) < 4.78 is 0. The number of nitrogens with one attached hydrogen (secondary N) is 1. The predicted octanol–water partition coefficient (Wildman–Crippen LogP) is 2.42. The van der Waals surface area contributed by atoms with E-state index in [1.54, 1.807) is 0 Å². The second-order valence-corrected chi connectivity index (χ2v) is 5.78. The van der Waals surface area contributed by atoms with Gasteiger partial charge in [0.15, 0.2) is 0 Å². The Morgan fingerprint density at radius 3 is 2.67 bits per heavy atom. The van der Waals surface area contributed by atoms with Crippen LogP contribution >= 0.6 is 0 Å². The average Bonchev–Trinajstić information content (AvgIpc) is 3.27. The molecule has 1 saturated carbocycles. The van der Waals surface area contributed by atoms with Gasteiger partial charge in [-0.05, 0) is 37.8 Å². The number of rotatable bonds is 5. The van der Waals surface area contributed by atoms with Gasteiger partial charge in [-0.25, -0.2) is 9.97 Å². The third-order valence-electron chi connectivity index (χ3n) is 4.01. The van der Waals surface area contributed by atoms with Gasteiger partial charge in [0.2, 0.25) is 5.91 Å². The first kappa shape index (κ1) is 13.7. The van der Waals surface area contributed by atoms with Gasteiger partial charge < -0.3 is 5.32 Å². The second-order valence-electron chi connectivity index (χ2n) is 5.78. The number of amides is 1. The van der Waals surface area contributed by atoms with E-state index in [9.17, 15) is 4.79 Å². The van der Waals surface area contributed by atoms with Crippen LogP contribution in [0.2, 0.25) is 0 Å². The minimum absolute atomic E-state index is 0.141. The summed E-state index contributed by atoms with van der Waals surface area (Å²) in [5.41, 5.74) is 2.79. The van der Waals surface area contributed by atoms with E-state index < -0.39 is 0 Å². The van der Waals surface area contributed by atoms with Crippen LogP contribution in [0, 0.1) is 12.3 Å². The molecule has 0 radical (unpaired) electrons. The van der Waals surface area contributed by atoms with E-state index in [-0.39, 0.29) is 11.3 Å². The first-order valence-corrected chi connectivity index (χ1v) is 7.28. The highest BCUT2D eigenvalue weighted by Crippen LogP contribution is 2.48. The summed E-state index contributed by atoms with van der Waals surface area (Å²) in [5, 5.41) is 3.02. The summed E-state index contributed by atoms with van der Waals surface area (Å²) in [7, 11) is 0. The number of aryl methyl sites for hydroxylation is 1. The zero-order valence-electron chi connectivity index (χ0n) is 12.2. The SMILES string of the molecule is Cc1cc(CNC(=O)C2(Cc3ccccc3)CC2)ncn1. The van der Waals surface area contributed by atoms with Crippen molar-refractivity contribution < 1.29 is 4.79 Å². The number of hydrogen-bond acceptors (Lipinski definition) is 3. The highest BCUT2D eigenvalue weighted by atomic mass is 16.2. The molecule has 4 heteroatoms. The maximum absolute atomic E-state index is 12.4. The van der Waals surface area contributed by atoms with E-state index in [0.29, 0.717) is 6.54 Å². The first-order valence-electron chi connectivity index (χ1n) is 7.28. The maximum atomic E-state index is 12.4. The Balaban J connectivity index is 1.60. The molecule has 1 amide bonds. The van der Waals surface area contributed by atoms with Crippen molar-refractivity contribution in [3.8, 4) is 0 Å². The summed E-state index contributed by atoms with van der Waals surface area (Å²) >= 11 is 0. The van der Waals surface area contributed by atoms with Crippen molar-refractivity contribution in [1.82, 2.24) is 15.3 Å². The van der Waals surface area contributed by atoms with E-state index >= 15 is 0 Å². The predicted molar refractivity (Wildman–Crippen MR) is 80.4 cm³/mol. The van der Waals surface area contributed by atoms with E-state index in [4.69, 9.17) is 0 Å². The van der Waals surface area contributed by atoms with E-state index in [1.807, 2.05) is 31.2 Å². The van der Waals surface area contributed by atoms with Crippen molar-refractivity contribution in [2.75, 3.05) is 0 Å². The molecule has 2 aromatic rings. The summed E-state index contributed by atoms with van der Waals surface area (Å²) in [6, 6.07) is 12.1. The van der Waals surface area contributed by atoms with Crippen LogP contribution in [0.5, 0.6) is 0 Å². The summed E-state index contributed by atoms with van der Waals surface area (Å²) in [5.74, 6) is 0.141. The molecule has 1 aromatic heterocycles. The lowest BCUT2D eigenvalue weighted by Crippen LogP contribution is -2.33. The zero-order chi connectivity index (χ0) is 14.7. The summed E-state index contributed by atoms with van der Waals surface area (Å²) in [6.07, 6.45) is 4.29. The molecule has 21 heavy (non-hydrogen) atoms. The Morgan fingerprint density at radius 1 is 1.24 bits per heavy atom. The highest BCUT2D eigenvalue weighted by molar-refractivity contribution is 5.85. The molecular weight excluding hydrogens is 262 g/mol. The van der Waals surface area contributed by atoms with Gasteiger partial charge in [0.05, 0.1) is 17.7 Å². The molecule has 0 bridgehead atoms. The number of carbonyl (C=O) groups excluding carboxylic acids is 1. The molecule has 3 rings (SSSR count). The topological polar surface area (TPSA) is 54.9 Å². The van der Waals surface area contributed by atoms with Crippen molar-refractivity contribution in [2.45, 2.75) is 32.7 Å². The number of aromatic nitrogens is 2. The first-order chi connectivity index (χ1) is 10.2. The number of nitrogens with zero attached hydrogens (tertiary/aromatic N) is 2. The molecule has 0 aliphatic heterocycles. The summed E-state index contributed by atoms with van der Waals surface area (Å²) in [6.45, 7) is 2.39. The van der Waals surface area contributed by atoms with Crippen molar-refractivity contribution in [3.05, 3.63) is 59.7 Å². The van der Waals surface area contributed by atoms with Crippen LogP contribution in [0.1, 0.15) is 29.8 Å². The van der Waals surface area contributed by atoms with E-state index in [2.05, 4.69) is 27.4 Å². The fourth-order valence-electron chi connectivity index (χ4n) is 2.59. The molecule has 0 atom stereocenters. The number of hydrogen-bond donors (Lipinski definition) is 1. The molecular formula is C17H19N3O. The monoisotopic (exact) mass is 281 g/mol. The minimum Gasteiger partial charge on any atom is -0.350 e. The van der Waals surface area contributed by atoms with Gasteiger partial charge in [-0.3, -0.25) is 4.79 Å². The van der Waals surface area contributed by atoms with Gasteiger partial charge in [-0.15, -0.1) is 0 Å². The van der Waals surface area contributed by atoms with Gasteiger partial charge in [0.1, 0.15) is 6.33 Å². The van der Waals surface area contributed by atoms with Crippen molar-refractivity contribution >= 4 is 5.91 Å². The van der Waals surface area contributed by atoms with Gasteiger partial charge in [-0.1, -0.05) is 30.3 Å². The fraction of sp³-hybridized carbons (Fsp3) is 0.353. The van der Waals surface area contributed by atoms with Crippen molar-refractivity contribution in [2.24, 2.45) is 5.41 Å². The van der Waals surface area contributed by atoms with Crippen molar-refractivity contribution in [1.29, 1.82) is 0 Å². The molecule has 1 aliphatic carbocycles. The number of carbonyl (C=O) groups is 1. The lowest BCUT2D eigenvalue weighted by molar-refractivity contribution is -0.126. The molecule has 0 saturated heterocycles. The average molecular weight is 281 g/mol. The Morgan fingerprint density at radius 2 is 2.00 bits per heavy atom. The van der Waals surface area contributed by atoms with Crippen LogP contribution < -0.4 is 5.32 Å². The van der Waals surface area contributed by atoms with Crippen LogP contribution in [0.4, 0.5) is 0 Å². The Labute approximate surface area is 124 Å². The Kier molecular flexibility index (Phi) is 3.69. The van der Waals surface area contributed by atoms with Crippen LogP contribution in [0.3, 0.4) is 0 Å². The fourth-order valence-corrected chi connectivity index (χ4v) is 2.59. The highest BCUT2D eigenvalue weighted by Gasteiger charge is 2.49. The Bertz CT molecular complexity index is 635. The molecule has 1 fully saturated rings. The molecule has 1 aromatic carbocycles. The van der Waals surface area contributed by atoms with Crippen LogP contribution in [0.15, 0.2) is 42.7 Å². The molecule has 1 aliphatic rings. The smallest absolute Gasteiger partial charge is 0.226 e. The van der Waals surface area contributed by atoms with Gasteiger partial charge >= 0.3 is 0 Å². The van der Waals surface area contributed by atoms with Gasteiger partial charge in [0, 0.05) is 5.69 Å². The third-order valence-corrected chi connectivity index (χ3v) is 4.01. The third kappa shape index (κ3) is 3.27. The maximum Gasteiger partial charge on any atom is 0.226 e. The largest absolute Gasteiger partial charge is 0.350 e. The van der Waals surface area contributed by atoms with Crippen LogP contribution in [0.25, 0.3) is 0 Å². The molecule has 1 N–H and O–H groups in total. The lowest BCUT2D eigenvalue weighted by Gasteiger charge is -2.15. The van der Waals surface area contributed by atoms with Gasteiger partial charge in [0.25, 0.3) is 0 Å². The second kappa shape index (κ2) is 5.64. The zero-order valence-corrected chi connectivity index (χ0v) is 12.2. The van der Waals surface area contributed by atoms with Crippen LogP contribution in [-0.2, 0) is 17.8 Å².